The molecule has 0 bridgehead atoms. The lowest BCUT2D eigenvalue weighted by Crippen LogP contribution is -2.47. The molecule has 1 unspecified atom stereocenters. The van der Waals surface area contributed by atoms with Gasteiger partial charge in [-0.25, -0.2) is 4.79 Å². The van der Waals surface area contributed by atoms with Gasteiger partial charge in [-0.3, -0.25) is 19.7 Å². The highest BCUT2D eigenvalue weighted by atomic mass is 35.5. The summed E-state index contributed by atoms with van der Waals surface area (Å²) in [6.45, 7) is 5.55. The first-order valence-electron chi connectivity index (χ1n) is 12.9. The van der Waals surface area contributed by atoms with Crippen molar-refractivity contribution in [3.63, 3.8) is 0 Å². The van der Waals surface area contributed by atoms with Gasteiger partial charge >= 0.3 is 5.97 Å². The lowest BCUT2D eigenvalue weighted by atomic mass is 9.98. The van der Waals surface area contributed by atoms with Crippen LogP contribution < -0.4 is 10.1 Å². The Kier molecular flexibility index (Phi) is 8.82. The van der Waals surface area contributed by atoms with Crippen molar-refractivity contribution in [2.45, 2.75) is 45.5 Å². The minimum atomic E-state index is -1.29. The van der Waals surface area contributed by atoms with Gasteiger partial charge in [0, 0.05) is 45.7 Å². The average Bonchev–Trinajstić information content (AvgIpc) is 3.30. The molecule has 12 heteroatoms. The molecule has 0 saturated carbocycles. The normalized spacial score (nSPS) is 12.0. The lowest BCUT2D eigenvalue weighted by Gasteiger charge is -2.31. The van der Waals surface area contributed by atoms with Crippen LogP contribution in [-0.4, -0.2) is 43.7 Å². The van der Waals surface area contributed by atoms with Crippen molar-refractivity contribution in [2.75, 3.05) is 0 Å². The summed E-state index contributed by atoms with van der Waals surface area (Å²) in [4.78, 5) is 52.9. The molecular formula is C30H29ClN4O7. The number of aromatic carboxylic acids is 1. The zero-order chi connectivity index (χ0) is 30.6. The van der Waals surface area contributed by atoms with Gasteiger partial charge in [-0.15, -0.1) is 0 Å². The smallest absolute Gasteiger partial charge is 0.352 e. The number of aromatic amines is 1. The summed E-state index contributed by atoms with van der Waals surface area (Å²) in [5.74, 6) is -1.30. The number of carboxylic acid groups (broad SMARTS) is 1. The van der Waals surface area contributed by atoms with E-state index in [9.17, 15) is 29.6 Å². The predicted octanol–water partition coefficient (Wildman–Crippen LogP) is 5.62. The summed E-state index contributed by atoms with van der Waals surface area (Å²) < 4.78 is 5.78. The molecule has 0 radical (unpaired) electrons. The highest BCUT2D eigenvalue weighted by Gasteiger charge is 2.35. The van der Waals surface area contributed by atoms with Crippen LogP contribution in [0.2, 0.25) is 5.02 Å². The number of carboxylic acids is 1. The fourth-order valence-electron chi connectivity index (χ4n) is 4.50. The molecule has 1 aromatic heterocycles. The number of carbonyl (C=O) groups excluding carboxylic acids is 2. The number of nitrogens with one attached hydrogen (secondary N) is 2. The molecular weight excluding hydrogens is 564 g/mol. The fraction of sp³-hybridized carbons (Fsp3) is 0.233. The van der Waals surface area contributed by atoms with E-state index in [2.05, 4.69) is 10.3 Å². The zero-order valence-corrected chi connectivity index (χ0v) is 23.8. The highest BCUT2D eigenvalue weighted by Crippen LogP contribution is 2.34. The number of amides is 2. The van der Waals surface area contributed by atoms with E-state index in [4.69, 9.17) is 16.3 Å². The van der Waals surface area contributed by atoms with Crippen molar-refractivity contribution in [1.82, 2.24) is 15.2 Å². The third-order valence-electron chi connectivity index (χ3n) is 6.34. The van der Waals surface area contributed by atoms with Gasteiger partial charge in [0.1, 0.15) is 24.1 Å². The van der Waals surface area contributed by atoms with Crippen LogP contribution in [0, 0.1) is 10.1 Å². The molecule has 0 aliphatic rings. The maximum atomic E-state index is 13.7. The molecule has 0 aliphatic heterocycles. The summed E-state index contributed by atoms with van der Waals surface area (Å²) in [6.07, 6.45) is 0.520. The summed E-state index contributed by atoms with van der Waals surface area (Å²) in [5, 5.41) is 24.5. The Morgan fingerprint density at radius 2 is 1.74 bits per heavy atom. The van der Waals surface area contributed by atoms with Crippen molar-refractivity contribution in [1.29, 1.82) is 0 Å². The molecule has 1 heterocycles. The molecule has 218 valence electrons. The molecule has 1 atom stereocenters. The molecule has 42 heavy (non-hydrogen) atoms. The van der Waals surface area contributed by atoms with E-state index in [0.717, 1.165) is 5.56 Å². The number of hydrogen-bond acceptors (Lipinski definition) is 6. The molecule has 3 N–H and O–H groups in total. The third-order valence-corrected chi connectivity index (χ3v) is 6.58. The number of nitro groups is 1. The van der Waals surface area contributed by atoms with E-state index in [1.54, 1.807) is 75.4 Å². The van der Waals surface area contributed by atoms with Gasteiger partial charge < -0.3 is 25.0 Å². The second-order valence-electron chi connectivity index (χ2n) is 10.7. The first-order valence-corrected chi connectivity index (χ1v) is 13.3. The van der Waals surface area contributed by atoms with Crippen molar-refractivity contribution in [3.05, 3.63) is 104 Å². The number of rotatable bonds is 11. The van der Waals surface area contributed by atoms with Gasteiger partial charge in [0.05, 0.1) is 4.92 Å². The van der Waals surface area contributed by atoms with Crippen molar-refractivity contribution in [2.24, 2.45) is 0 Å². The SMILES string of the molecule is CC(C)(C)NC(=O)C(c1c(C(=O)O)[nH]c2cc(Cl)ccc12)N(C=O)Cc1ccc(OCc2ccc([N+](=O)[O-])cc2)cc1. The number of hydrogen-bond donors (Lipinski definition) is 3. The molecule has 11 nitrogen and oxygen atoms in total. The second kappa shape index (κ2) is 12.3. The minimum absolute atomic E-state index is 0.00627. The van der Waals surface area contributed by atoms with Gasteiger partial charge in [-0.05, 0) is 68.3 Å². The Hall–Kier alpha value is -4.90. The molecule has 0 aliphatic carbocycles. The molecule has 3 aromatic carbocycles. The molecule has 4 aromatic rings. The monoisotopic (exact) mass is 592 g/mol. The lowest BCUT2D eigenvalue weighted by molar-refractivity contribution is -0.384. The van der Waals surface area contributed by atoms with Crippen LogP contribution in [0.15, 0.2) is 66.7 Å². The average molecular weight is 593 g/mol. The maximum Gasteiger partial charge on any atom is 0.352 e. The van der Waals surface area contributed by atoms with E-state index in [-0.39, 0.29) is 30.1 Å². The van der Waals surface area contributed by atoms with E-state index in [1.807, 2.05) is 0 Å². The molecule has 4 rings (SSSR count). The van der Waals surface area contributed by atoms with Gasteiger partial charge in [0.15, 0.2) is 0 Å². The summed E-state index contributed by atoms with van der Waals surface area (Å²) >= 11 is 6.13. The van der Waals surface area contributed by atoms with Crippen LogP contribution in [0.3, 0.4) is 0 Å². The standard InChI is InChI=1S/C30H29ClN4O7/c1-30(2,3)33-28(37)27(25-23-13-8-20(31)14-24(23)32-26(25)29(38)39)34(17-36)15-18-6-11-22(12-7-18)42-16-19-4-9-21(10-5-19)35(40)41/h4-14,17,27,32H,15-16H2,1-3H3,(H,33,37)(H,38,39). The van der Waals surface area contributed by atoms with Crippen molar-refractivity contribution in [3.8, 4) is 5.75 Å². The van der Waals surface area contributed by atoms with Crippen molar-refractivity contribution < 1.29 is 29.2 Å². The predicted molar refractivity (Wildman–Crippen MR) is 156 cm³/mol. The Morgan fingerprint density at radius 1 is 1.10 bits per heavy atom. The molecule has 0 saturated heterocycles. The van der Waals surface area contributed by atoms with Crippen LogP contribution >= 0.6 is 11.6 Å². The quantitative estimate of drug-likeness (QED) is 0.116. The number of halogens is 1. The topological polar surface area (TPSA) is 155 Å². The van der Waals surface area contributed by atoms with Crippen molar-refractivity contribution >= 4 is 46.5 Å². The van der Waals surface area contributed by atoms with E-state index in [1.165, 1.54) is 17.0 Å². The largest absolute Gasteiger partial charge is 0.489 e. The third kappa shape index (κ3) is 7.05. The molecule has 2 amide bonds. The van der Waals surface area contributed by atoms with Gasteiger partial charge in [-0.1, -0.05) is 29.8 Å². The van der Waals surface area contributed by atoms with Gasteiger partial charge in [0.2, 0.25) is 12.3 Å². The number of aromatic nitrogens is 1. The van der Waals surface area contributed by atoms with Gasteiger partial charge in [-0.2, -0.15) is 0 Å². The van der Waals surface area contributed by atoms with E-state index < -0.39 is 28.4 Å². The van der Waals surface area contributed by atoms with E-state index in [0.29, 0.717) is 33.6 Å². The van der Waals surface area contributed by atoms with Crippen LogP contribution in [0.4, 0.5) is 5.69 Å². The summed E-state index contributed by atoms with van der Waals surface area (Å²) in [7, 11) is 0. The minimum Gasteiger partial charge on any atom is -0.489 e. The first kappa shape index (κ1) is 30.1. The number of nitrogens with zero attached hydrogens (tertiary/aromatic N) is 2. The number of H-pyrrole nitrogens is 1. The first-order chi connectivity index (χ1) is 19.9. The summed E-state index contributed by atoms with van der Waals surface area (Å²) in [6, 6.07) is 16.4. The number of fused-ring (bicyclic) bond motifs is 1. The number of carbonyl (C=O) groups is 3. The number of ether oxygens (including phenoxy) is 1. The second-order valence-corrected chi connectivity index (χ2v) is 11.1. The molecule has 0 spiro atoms. The number of non-ortho nitro benzene ring substituents is 1. The van der Waals surface area contributed by atoms with Gasteiger partial charge in [0.25, 0.3) is 5.69 Å². The van der Waals surface area contributed by atoms with Crippen LogP contribution in [0.5, 0.6) is 5.75 Å². The maximum absolute atomic E-state index is 13.7. The Labute approximate surface area is 246 Å². The van der Waals surface area contributed by atoms with Crippen LogP contribution in [0.25, 0.3) is 10.9 Å². The van der Waals surface area contributed by atoms with Crippen LogP contribution in [-0.2, 0) is 22.7 Å². The Bertz CT molecular complexity index is 1630. The Morgan fingerprint density at radius 3 is 2.31 bits per heavy atom. The highest BCUT2D eigenvalue weighted by molar-refractivity contribution is 6.31. The Balaban J connectivity index is 1.61. The fourth-order valence-corrected chi connectivity index (χ4v) is 4.67. The van der Waals surface area contributed by atoms with Crippen LogP contribution in [0.1, 0.15) is 54.0 Å². The zero-order valence-electron chi connectivity index (χ0n) is 23.1. The number of benzene rings is 3. The summed E-state index contributed by atoms with van der Waals surface area (Å²) in [5.41, 5.74) is 1.09. The number of nitro benzene ring substituents is 1. The molecule has 0 fully saturated rings. The van der Waals surface area contributed by atoms with E-state index >= 15 is 0 Å².